The number of fused-ring (bicyclic) bond motifs is 1. The largest absolute Gasteiger partial charge is 0.391 e. The van der Waals surface area contributed by atoms with Gasteiger partial charge in [-0.05, 0) is 27.7 Å². The Labute approximate surface area is 126 Å². The van der Waals surface area contributed by atoms with Crippen molar-refractivity contribution in [1.29, 1.82) is 0 Å². The van der Waals surface area contributed by atoms with Crippen molar-refractivity contribution in [3.05, 3.63) is 0 Å². The third-order valence-corrected chi connectivity index (χ3v) is 2.80. The van der Waals surface area contributed by atoms with Crippen LogP contribution < -0.4 is 0 Å². The first kappa shape index (κ1) is 14.3. The maximum atomic E-state index is 9.53. The zero-order chi connectivity index (χ0) is 10.5. The topological polar surface area (TPSA) is 47.9 Å². The smallest absolute Gasteiger partial charge is 0.164 e. The number of ether oxygens (including phenoxy) is 3. The SMILES string of the molecule is C[C@@H]1O[C@@H]([C@H](C)O)[C@@H]2OC(C)(C)OC12.[Ac]. The van der Waals surface area contributed by atoms with Crippen LogP contribution in [0.2, 0.25) is 0 Å². The molecular formula is C10H18AcO4. The van der Waals surface area contributed by atoms with E-state index in [0.29, 0.717) is 0 Å². The van der Waals surface area contributed by atoms with E-state index >= 15 is 0 Å². The van der Waals surface area contributed by atoms with Gasteiger partial charge in [0.25, 0.3) is 0 Å². The van der Waals surface area contributed by atoms with Gasteiger partial charge >= 0.3 is 0 Å². The first-order chi connectivity index (χ1) is 6.41. The van der Waals surface area contributed by atoms with Gasteiger partial charge in [0, 0.05) is 44.1 Å². The van der Waals surface area contributed by atoms with E-state index in [-0.39, 0.29) is 68.5 Å². The summed E-state index contributed by atoms with van der Waals surface area (Å²) in [5.74, 6) is -0.555. The van der Waals surface area contributed by atoms with E-state index in [9.17, 15) is 5.11 Å². The van der Waals surface area contributed by atoms with Gasteiger partial charge in [0.05, 0.1) is 12.2 Å². The molecule has 1 unspecified atom stereocenters. The molecule has 2 aliphatic heterocycles. The number of hydrogen-bond acceptors (Lipinski definition) is 4. The summed E-state index contributed by atoms with van der Waals surface area (Å²) in [6.07, 6.45) is -0.993. The van der Waals surface area contributed by atoms with Crippen LogP contribution in [0.1, 0.15) is 27.7 Å². The molecule has 0 aromatic heterocycles. The molecule has 1 radical (unpaired) electrons. The van der Waals surface area contributed by atoms with Gasteiger partial charge in [-0.25, -0.2) is 0 Å². The molecule has 0 aliphatic carbocycles. The van der Waals surface area contributed by atoms with Gasteiger partial charge in [-0.1, -0.05) is 0 Å². The van der Waals surface area contributed by atoms with Crippen LogP contribution in [0, 0.1) is 44.1 Å². The molecule has 2 rings (SSSR count). The van der Waals surface area contributed by atoms with E-state index in [2.05, 4.69) is 0 Å². The first-order valence-corrected chi connectivity index (χ1v) is 5.10. The second-order valence-electron chi connectivity index (χ2n) is 4.61. The molecule has 2 aliphatic rings. The molecule has 0 amide bonds. The average molecular weight is 429 g/mol. The average Bonchev–Trinajstić information content (AvgIpc) is 2.47. The predicted octanol–water partition coefficient (Wildman–Crippen LogP) is 0.675. The van der Waals surface area contributed by atoms with Crippen molar-refractivity contribution in [3.63, 3.8) is 0 Å². The summed E-state index contributed by atoms with van der Waals surface area (Å²) in [4.78, 5) is 0. The molecule has 2 fully saturated rings. The standard InChI is InChI=1S/C10H18O4.Ac/c1-5(11)7-9-8(6(2)12-7)13-10(3,4)14-9;/h5-9,11H,1-4H3;/t5-,6-,7-,8?,9-;/m0./s1. The fourth-order valence-electron chi connectivity index (χ4n) is 2.23. The first-order valence-electron chi connectivity index (χ1n) is 5.10. The zero-order valence-corrected chi connectivity index (χ0v) is 14.4. The molecular weight excluding hydrogens is 411 g/mol. The molecule has 0 aromatic carbocycles. The van der Waals surface area contributed by atoms with E-state index in [1.165, 1.54) is 0 Å². The van der Waals surface area contributed by atoms with Crippen molar-refractivity contribution in [2.75, 3.05) is 0 Å². The van der Waals surface area contributed by atoms with Crippen LogP contribution in [0.4, 0.5) is 0 Å². The van der Waals surface area contributed by atoms with Crippen molar-refractivity contribution in [3.8, 4) is 0 Å². The van der Waals surface area contributed by atoms with E-state index in [0.717, 1.165) is 0 Å². The van der Waals surface area contributed by atoms with Gasteiger partial charge in [0.15, 0.2) is 5.79 Å². The second kappa shape index (κ2) is 4.88. The minimum Gasteiger partial charge on any atom is -0.391 e. The number of hydrogen-bond donors (Lipinski definition) is 1. The number of aliphatic hydroxyl groups excluding tert-OH is 1. The van der Waals surface area contributed by atoms with Crippen LogP contribution in [-0.4, -0.2) is 41.4 Å². The molecule has 2 saturated heterocycles. The molecule has 0 spiro atoms. The molecule has 85 valence electrons. The minimum atomic E-state index is -0.555. The monoisotopic (exact) mass is 429 g/mol. The number of rotatable bonds is 1. The van der Waals surface area contributed by atoms with Crippen LogP contribution in [-0.2, 0) is 14.2 Å². The van der Waals surface area contributed by atoms with E-state index in [4.69, 9.17) is 14.2 Å². The third-order valence-electron chi connectivity index (χ3n) is 2.80. The van der Waals surface area contributed by atoms with E-state index in [1.54, 1.807) is 6.92 Å². The molecule has 15 heavy (non-hydrogen) atoms. The summed E-state index contributed by atoms with van der Waals surface area (Å²) in [6.45, 7) is 7.44. The van der Waals surface area contributed by atoms with Crippen molar-refractivity contribution < 1.29 is 63.4 Å². The van der Waals surface area contributed by atoms with E-state index < -0.39 is 11.9 Å². The van der Waals surface area contributed by atoms with Gasteiger partial charge in [0.1, 0.15) is 18.3 Å². The summed E-state index contributed by atoms with van der Waals surface area (Å²) in [5, 5.41) is 9.53. The van der Waals surface area contributed by atoms with Crippen molar-refractivity contribution >= 4 is 0 Å². The maximum absolute atomic E-state index is 9.53. The zero-order valence-electron chi connectivity index (χ0n) is 9.64. The second-order valence-corrected chi connectivity index (χ2v) is 4.61. The summed E-state index contributed by atoms with van der Waals surface area (Å²) in [7, 11) is 0. The van der Waals surface area contributed by atoms with Gasteiger partial charge < -0.3 is 19.3 Å². The van der Waals surface area contributed by atoms with Crippen LogP contribution >= 0.6 is 0 Å². The Hall–Kier alpha value is 1.28. The van der Waals surface area contributed by atoms with Gasteiger partial charge in [-0.2, -0.15) is 0 Å². The van der Waals surface area contributed by atoms with Gasteiger partial charge in [-0.15, -0.1) is 0 Å². The van der Waals surface area contributed by atoms with Crippen LogP contribution in [0.25, 0.3) is 0 Å². The Bertz CT molecular complexity index is 229. The summed E-state index contributed by atoms with van der Waals surface area (Å²) >= 11 is 0. The molecule has 0 saturated carbocycles. The Morgan fingerprint density at radius 2 is 1.73 bits per heavy atom. The van der Waals surface area contributed by atoms with Crippen molar-refractivity contribution in [2.45, 2.75) is 64.0 Å². The molecule has 1 N–H and O–H groups in total. The molecule has 4 nitrogen and oxygen atoms in total. The predicted molar refractivity (Wildman–Crippen MR) is 49.8 cm³/mol. The van der Waals surface area contributed by atoms with Crippen molar-refractivity contribution in [2.24, 2.45) is 0 Å². The van der Waals surface area contributed by atoms with Crippen LogP contribution in [0.5, 0.6) is 0 Å². The summed E-state index contributed by atoms with van der Waals surface area (Å²) in [5.41, 5.74) is 0. The minimum absolute atomic E-state index is 0. The molecule has 2 heterocycles. The molecule has 0 aromatic rings. The molecule has 0 bridgehead atoms. The van der Waals surface area contributed by atoms with Gasteiger partial charge in [-0.3, -0.25) is 0 Å². The Balaban J connectivity index is 0.00000112. The Kier molecular flexibility index (Phi) is 4.66. The summed E-state index contributed by atoms with van der Waals surface area (Å²) in [6, 6.07) is 0. The molecule has 5 atom stereocenters. The fraction of sp³-hybridized carbons (Fsp3) is 1.00. The van der Waals surface area contributed by atoms with E-state index in [1.807, 2.05) is 20.8 Å². The van der Waals surface area contributed by atoms with Crippen LogP contribution in [0.3, 0.4) is 0 Å². The van der Waals surface area contributed by atoms with Gasteiger partial charge in [0.2, 0.25) is 0 Å². The van der Waals surface area contributed by atoms with Crippen LogP contribution in [0.15, 0.2) is 0 Å². The number of aliphatic hydroxyl groups is 1. The quantitative estimate of drug-likeness (QED) is 0.666. The maximum Gasteiger partial charge on any atom is 0.164 e. The summed E-state index contributed by atoms with van der Waals surface area (Å²) < 4.78 is 17.0. The van der Waals surface area contributed by atoms with Crippen molar-refractivity contribution in [1.82, 2.24) is 0 Å². The Morgan fingerprint density at radius 1 is 1.20 bits per heavy atom. The third kappa shape index (κ3) is 2.75. The normalized spacial score (nSPS) is 44.6. The Morgan fingerprint density at radius 3 is 2.27 bits per heavy atom. The molecule has 5 heteroatoms. The fourth-order valence-corrected chi connectivity index (χ4v) is 2.23.